The second-order valence-corrected chi connectivity index (χ2v) is 3.79. The van der Waals surface area contributed by atoms with Gasteiger partial charge >= 0.3 is 5.38 Å². The molecule has 0 heterocycles. The van der Waals surface area contributed by atoms with E-state index in [1.165, 1.54) is 0 Å². The molecule has 0 bridgehead atoms. The molecule has 8 heteroatoms. The highest BCUT2D eigenvalue weighted by Gasteiger charge is 2.57. The van der Waals surface area contributed by atoms with Gasteiger partial charge in [0.25, 0.3) is 5.13 Å². The SMILES string of the molecule is Fc1ccc(F)c(C(F)(Cl)C(F)(F)Cl)c1F. The molecule has 0 saturated carbocycles. The first-order valence-corrected chi connectivity index (χ1v) is 4.43. The Labute approximate surface area is 95.8 Å². The molecule has 0 spiro atoms. The van der Waals surface area contributed by atoms with Gasteiger partial charge in [-0.25, -0.2) is 17.6 Å². The molecule has 0 aliphatic carbocycles. The molecule has 16 heavy (non-hydrogen) atoms. The first kappa shape index (κ1) is 13.4. The Hall–Kier alpha value is -0.620. The fourth-order valence-corrected chi connectivity index (χ4v) is 1.22. The lowest BCUT2D eigenvalue weighted by Crippen LogP contribution is -2.33. The van der Waals surface area contributed by atoms with Crippen LogP contribution in [-0.2, 0) is 5.13 Å². The van der Waals surface area contributed by atoms with E-state index in [-0.39, 0.29) is 6.07 Å². The molecular formula is C8H2Cl2F6. The summed E-state index contributed by atoms with van der Waals surface area (Å²) < 4.78 is 76.7. The lowest BCUT2D eigenvalue weighted by Gasteiger charge is -2.23. The molecule has 0 nitrogen and oxygen atoms in total. The van der Waals surface area contributed by atoms with Crippen molar-refractivity contribution in [2.24, 2.45) is 0 Å². The molecule has 0 aliphatic rings. The van der Waals surface area contributed by atoms with Gasteiger partial charge in [-0.05, 0) is 23.7 Å². The zero-order valence-corrected chi connectivity index (χ0v) is 8.69. The largest absolute Gasteiger partial charge is 0.373 e. The smallest absolute Gasteiger partial charge is 0.212 e. The van der Waals surface area contributed by atoms with Crippen molar-refractivity contribution >= 4 is 23.2 Å². The average Bonchev–Trinajstić information content (AvgIpc) is 2.10. The van der Waals surface area contributed by atoms with Crippen LogP contribution < -0.4 is 0 Å². The van der Waals surface area contributed by atoms with Gasteiger partial charge in [0.2, 0.25) is 0 Å². The molecule has 1 atom stereocenters. The third kappa shape index (κ3) is 2.08. The normalized spacial score (nSPS) is 16.0. The first-order valence-electron chi connectivity index (χ1n) is 3.67. The second kappa shape index (κ2) is 4.00. The number of hydrogen-bond acceptors (Lipinski definition) is 0. The number of rotatable bonds is 2. The number of benzene rings is 1. The fourth-order valence-electron chi connectivity index (χ4n) is 0.957. The van der Waals surface area contributed by atoms with Crippen LogP contribution >= 0.6 is 23.2 Å². The maximum absolute atomic E-state index is 13.3. The van der Waals surface area contributed by atoms with E-state index in [2.05, 4.69) is 23.2 Å². The van der Waals surface area contributed by atoms with E-state index >= 15 is 0 Å². The Balaban J connectivity index is 3.50. The van der Waals surface area contributed by atoms with Crippen LogP contribution in [0.5, 0.6) is 0 Å². The van der Waals surface area contributed by atoms with E-state index in [0.717, 1.165) is 0 Å². The van der Waals surface area contributed by atoms with Crippen LogP contribution in [0.3, 0.4) is 0 Å². The van der Waals surface area contributed by atoms with Gasteiger partial charge in [-0.2, -0.15) is 8.78 Å². The highest BCUT2D eigenvalue weighted by Crippen LogP contribution is 2.49. The summed E-state index contributed by atoms with van der Waals surface area (Å²) in [5.41, 5.74) is -1.96. The minimum absolute atomic E-state index is 0.257. The molecule has 1 unspecified atom stereocenters. The molecule has 1 rings (SSSR count). The number of alkyl halides is 5. The van der Waals surface area contributed by atoms with E-state index in [4.69, 9.17) is 0 Å². The number of halogens is 8. The molecule has 0 saturated heterocycles. The maximum atomic E-state index is 13.3. The van der Waals surface area contributed by atoms with E-state index in [0.29, 0.717) is 6.07 Å². The Morgan fingerprint density at radius 3 is 1.75 bits per heavy atom. The summed E-state index contributed by atoms with van der Waals surface area (Å²) in [5, 5.41) is -9.19. The van der Waals surface area contributed by atoms with Crippen LogP contribution in [-0.4, -0.2) is 5.38 Å². The summed E-state index contributed by atoms with van der Waals surface area (Å²) in [6.45, 7) is 0. The lowest BCUT2D eigenvalue weighted by atomic mass is 10.1. The topological polar surface area (TPSA) is 0 Å². The molecule has 1 aromatic carbocycles. The Morgan fingerprint density at radius 1 is 0.875 bits per heavy atom. The summed E-state index contributed by atoms with van der Waals surface area (Å²) in [4.78, 5) is 0. The summed E-state index contributed by atoms with van der Waals surface area (Å²) in [6, 6.07) is 0.556. The zero-order chi connectivity index (χ0) is 12.7. The van der Waals surface area contributed by atoms with Gasteiger partial charge in [0.15, 0.2) is 11.6 Å². The highest BCUT2D eigenvalue weighted by molar-refractivity contribution is 6.32. The van der Waals surface area contributed by atoms with Crippen LogP contribution in [0.2, 0.25) is 0 Å². The van der Waals surface area contributed by atoms with Gasteiger partial charge in [-0.15, -0.1) is 0 Å². The maximum Gasteiger partial charge on any atom is 0.373 e. The quantitative estimate of drug-likeness (QED) is 0.431. The molecular weight excluding hydrogens is 281 g/mol. The van der Waals surface area contributed by atoms with Gasteiger partial charge < -0.3 is 0 Å². The van der Waals surface area contributed by atoms with E-state index in [9.17, 15) is 26.3 Å². The van der Waals surface area contributed by atoms with Gasteiger partial charge in [-0.3, -0.25) is 0 Å². The molecule has 0 radical (unpaired) electrons. The summed E-state index contributed by atoms with van der Waals surface area (Å²) >= 11 is 8.88. The average molecular weight is 283 g/mol. The molecule has 0 amide bonds. The lowest BCUT2D eigenvalue weighted by molar-refractivity contribution is -0.0265. The van der Waals surface area contributed by atoms with E-state index in [1.807, 2.05) is 0 Å². The predicted molar refractivity (Wildman–Crippen MR) is 45.8 cm³/mol. The Morgan fingerprint density at radius 2 is 1.31 bits per heavy atom. The van der Waals surface area contributed by atoms with Crippen molar-refractivity contribution in [3.8, 4) is 0 Å². The molecule has 0 aromatic heterocycles. The van der Waals surface area contributed by atoms with E-state index < -0.39 is 33.5 Å². The second-order valence-electron chi connectivity index (χ2n) is 2.79. The van der Waals surface area contributed by atoms with Crippen molar-refractivity contribution in [1.82, 2.24) is 0 Å². The van der Waals surface area contributed by atoms with Crippen LogP contribution in [0.1, 0.15) is 5.56 Å². The summed E-state index contributed by atoms with van der Waals surface area (Å²) in [6.07, 6.45) is 0. The molecule has 1 aromatic rings. The van der Waals surface area contributed by atoms with E-state index in [1.54, 1.807) is 0 Å². The van der Waals surface area contributed by atoms with Crippen molar-refractivity contribution < 1.29 is 26.3 Å². The first-order chi connectivity index (χ1) is 7.09. The van der Waals surface area contributed by atoms with Gasteiger partial charge in [0.05, 0.1) is 5.56 Å². The summed E-state index contributed by atoms with van der Waals surface area (Å²) in [7, 11) is 0. The number of hydrogen-bond donors (Lipinski definition) is 0. The van der Waals surface area contributed by atoms with Crippen molar-refractivity contribution in [1.29, 1.82) is 0 Å². The van der Waals surface area contributed by atoms with Crippen molar-refractivity contribution in [3.63, 3.8) is 0 Å². The zero-order valence-electron chi connectivity index (χ0n) is 7.18. The highest BCUT2D eigenvalue weighted by atomic mass is 35.5. The van der Waals surface area contributed by atoms with Crippen LogP contribution in [0.15, 0.2) is 12.1 Å². The minimum atomic E-state index is -4.80. The third-order valence-electron chi connectivity index (χ3n) is 1.71. The van der Waals surface area contributed by atoms with Gasteiger partial charge in [0, 0.05) is 0 Å². The van der Waals surface area contributed by atoms with Crippen molar-refractivity contribution in [3.05, 3.63) is 35.1 Å². The standard InChI is InChI=1S/C8H2Cl2F6/c9-7(14,8(10,15)16)5-3(11)1-2-4(12)6(5)13/h1-2H. The van der Waals surface area contributed by atoms with Crippen molar-refractivity contribution in [2.45, 2.75) is 10.5 Å². The minimum Gasteiger partial charge on any atom is -0.212 e. The predicted octanol–water partition coefficient (Wildman–Crippen LogP) is 4.30. The third-order valence-corrected chi connectivity index (χ3v) is 2.50. The van der Waals surface area contributed by atoms with Crippen LogP contribution in [0, 0.1) is 17.5 Å². The molecule has 0 fully saturated rings. The summed E-state index contributed by atoms with van der Waals surface area (Å²) in [5.74, 6) is -5.64. The van der Waals surface area contributed by atoms with Crippen LogP contribution in [0.4, 0.5) is 26.3 Å². The molecule has 90 valence electrons. The van der Waals surface area contributed by atoms with Gasteiger partial charge in [0.1, 0.15) is 5.82 Å². The monoisotopic (exact) mass is 282 g/mol. The molecule has 0 N–H and O–H groups in total. The Kier molecular flexibility index (Phi) is 3.36. The molecule has 0 aliphatic heterocycles. The van der Waals surface area contributed by atoms with Crippen LogP contribution in [0.25, 0.3) is 0 Å². The Bertz CT molecular complexity index is 412. The van der Waals surface area contributed by atoms with Crippen molar-refractivity contribution in [2.75, 3.05) is 0 Å². The fraction of sp³-hybridized carbons (Fsp3) is 0.250. The van der Waals surface area contributed by atoms with Gasteiger partial charge in [-0.1, -0.05) is 11.6 Å².